The molecule has 0 saturated heterocycles. The van der Waals surface area contributed by atoms with Gasteiger partial charge in [0.25, 0.3) is 0 Å². The summed E-state index contributed by atoms with van der Waals surface area (Å²) >= 11 is 0. The second kappa shape index (κ2) is 10.8. The van der Waals surface area contributed by atoms with Gasteiger partial charge in [-0.1, -0.05) is 135 Å². The molecule has 1 saturated carbocycles. The summed E-state index contributed by atoms with van der Waals surface area (Å²) in [6.07, 6.45) is 4.05. The smallest absolute Gasteiger partial charge is 0.00943 e. The fourth-order valence-electron chi connectivity index (χ4n) is 5.55. The lowest BCUT2D eigenvalue weighted by Gasteiger charge is -2.37. The highest BCUT2D eigenvalue weighted by molar-refractivity contribution is 7.74. The zero-order chi connectivity index (χ0) is 22.5. The Kier molecular flexibility index (Phi) is 7.36. The van der Waals surface area contributed by atoms with Crippen LogP contribution in [0.5, 0.6) is 0 Å². The van der Waals surface area contributed by atoms with Crippen LogP contribution >= 0.6 is 15.8 Å². The van der Waals surface area contributed by atoms with Crippen molar-refractivity contribution in [2.45, 2.75) is 37.5 Å². The molecule has 0 radical (unpaired) electrons. The Morgan fingerprint density at radius 1 is 0.545 bits per heavy atom. The van der Waals surface area contributed by atoms with Crippen LogP contribution in [-0.4, -0.2) is 11.3 Å². The zero-order valence-corrected chi connectivity index (χ0v) is 21.1. The molecule has 0 bridgehead atoms. The van der Waals surface area contributed by atoms with Gasteiger partial charge in [-0.3, -0.25) is 0 Å². The Morgan fingerprint density at radius 2 is 0.939 bits per heavy atom. The van der Waals surface area contributed by atoms with Crippen LogP contribution in [0.1, 0.15) is 26.2 Å². The highest BCUT2D eigenvalue weighted by atomic mass is 31.1. The lowest BCUT2D eigenvalue weighted by atomic mass is 10.0. The molecule has 0 N–H and O–H groups in total. The summed E-state index contributed by atoms with van der Waals surface area (Å²) < 4.78 is 0. The largest absolute Gasteiger partial charge is 0.0622 e. The van der Waals surface area contributed by atoms with Gasteiger partial charge in [-0.15, -0.1) is 0 Å². The molecule has 2 heteroatoms. The standard InChI is InChI=1S/C31H32P2/c1-25(32(26-15-6-2-7-16-26)27-17-8-3-9-18-27)30-23-14-24-31(30)33(28-19-10-4-11-20-28)29-21-12-5-13-22-29/h2-13,15-22,25,30-31H,14,23-24H2,1H3/t25?,30-,31?/m1/s1. The molecule has 0 heterocycles. The van der Waals surface area contributed by atoms with Crippen molar-refractivity contribution in [3.05, 3.63) is 121 Å². The van der Waals surface area contributed by atoms with E-state index in [9.17, 15) is 0 Å². The van der Waals surface area contributed by atoms with Gasteiger partial charge in [0.05, 0.1) is 0 Å². The average molecular weight is 467 g/mol. The van der Waals surface area contributed by atoms with Gasteiger partial charge < -0.3 is 0 Å². The summed E-state index contributed by atoms with van der Waals surface area (Å²) in [5, 5.41) is 6.10. The van der Waals surface area contributed by atoms with Crippen molar-refractivity contribution < 1.29 is 0 Å². The molecule has 0 aromatic heterocycles. The van der Waals surface area contributed by atoms with Crippen LogP contribution in [0.25, 0.3) is 0 Å². The van der Waals surface area contributed by atoms with E-state index in [4.69, 9.17) is 0 Å². The molecule has 1 aliphatic rings. The Balaban J connectivity index is 1.54. The van der Waals surface area contributed by atoms with Gasteiger partial charge >= 0.3 is 0 Å². The van der Waals surface area contributed by atoms with Crippen LogP contribution in [0.3, 0.4) is 0 Å². The first-order valence-electron chi connectivity index (χ1n) is 12.1. The van der Waals surface area contributed by atoms with Crippen molar-refractivity contribution in [2.24, 2.45) is 5.92 Å². The molecule has 1 fully saturated rings. The Bertz CT molecular complexity index is 1030. The maximum atomic E-state index is 2.55. The molecule has 166 valence electrons. The molecular weight excluding hydrogens is 434 g/mol. The molecule has 1 aliphatic carbocycles. The number of rotatable bonds is 7. The van der Waals surface area contributed by atoms with E-state index in [0.717, 1.165) is 11.6 Å². The fourth-order valence-corrected chi connectivity index (χ4v) is 11.9. The van der Waals surface area contributed by atoms with E-state index >= 15 is 0 Å². The molecule has 0 aliphatic heterocycles. The van der Waals surface area contributed by atoms with Gasteiger partial charge in [-0.25, -0.2) is 0 Å². The molecular formula is C31H32P2. The second-order valence-electron chi connectivity index (χ2n) is 8.98. The van der Waals surface area contributed by atoms with Crippen LogP contribution in [0.15, 0.2) is 121 Å². The Morgan fingerprint density at radius 3 is 1.36 bits per heavy atom. The first-order valence-corrected chi connectivity index (χ1v) is 14.9. The molecule has 0 nitrogen and oxygen atoms in total. The minimum Gasteiger partial charge on any atom is -0.0622 e. The number of hydrogen-bond donors (Lipinski definition) is 0. The van der Waals surface area contributed by atoms with Crippen molar-refractivity contribution in [2.75, 3.05) is 0 Å². The van der Waals surface area contributed by atoms with Gasteiger partial charge in [0.2, 0.25) is 0 Å². The topological polar surface area (TPSA) is 0 Å². The maximum Gasteiger partial charge on any atom is -0.00943 e. The Hall–Kier alpha value is -2.26. The normalized spacial score (nSPS) is 19.1. The first-order chi connectivity index (χ1) is 16.3. The van der Waals surface area contributed by atoms with Gasteiger partial charge in [-0.2, -0.15) is 0 Å². The second-order valence-corrected chi connectivity index (χ2v) is 14.0. The van der Waals surface area contributed by atoms with E-state index in [1.54, 1.807) is 0 Å². The van der Waals surface area contributed by atoms with Gasteiger partial charge in [-0.05, 0) is 67.1 Å². The summed E-state index contributed by atoms with van der Waals surface area (Å²) in [4.78, 5) is 0. The van der Waals surface area contributed by atoms with Crippen molar-refractivity contribution in [1.82, 2.24) is 0 Å². The summed E-state index contributed by atoms with van der Waals surface area (Å²) in [5.41, 5.74) is 1.38. The molecule has 5 rings (SSSR count). The third kappa shape index (κ3) is 4.99. The average Bonchev–Trinajstić information content (AvgIpc) is 3.36. The van der Waals surface area contributed by atoms with Crippen molar-refractivity contribution in [3.63, 3.8) is 0 Å². The predicted octanol–water partition coefficient (Wildman–Crippen LogP) is 6.81. The molecule has 3 atom stereocenters. The van der Waals surface area contributed by atoms with Gasteiger partial charge in [0, 0.05) is 0 Å². The monoisotopic (exact) mass is 466 g/mol. The van der Waals surface area contributed by atoms with E-state index in [1.807, 2.05) is 0 Å². The van der Waals surface area contributed by atoms with Crippen LogP contribution < -0.4 is 21.2 Å². The first kappa shape index (κ1) is 22.5. The van der Waals surface area contributed by atoms with Crippen molar-refractivity contribution in [1.29, 1.82) is 0 Å². The van der Waals surface area contributed by atoms with Crippen molar-refractivity contribution >= 4 is 37.1 Å². The number of benzene rings is 4. The number of hydrogen-bond acceptors (Lipinski definition) is 0. The third-order valence-electron chi connectivity index (χ3n) is 7.03. The summed E-state index contributed by atoms with van der Waals surface area (Å²) in [5.74, 6) is 0.739. The van der Waals surface area contributed by atoms with Crippen molar-refractivity contribution in [3.8, 4) is 0 Å². The van der Waals surface area contributed by atoms with Crippen LogP contribution in [-0.2, 0) is 0 Å². The molecule has 2 unspecified atom stereocenters. The Labute approximate surface area is 201 Å². The molecule has 0 spiro atoms. The quantitative estimate of drug-likeness (QED) is 0.263. The van der Waals surface area contributed by atoms with Crippen LogP contribution in [0.2, 0.25) is 0 Å². The van der Waals surface area contributed by atoms with E-state index in [-0.39, 0.29) is 7.92 Å². The van der Waals surface area contributed by atoms with Crippen LogP contribution in [0, 0.1) is 5.92 Å². The highest BCUT2D eigenvalue weighted by Gasteiger charge is 2.40. The van der Waals surface area contributed by atoms with E-state index in [0.29, 0.717) is 5.66 Å². The fraction of sp³-hybridized carbons (Fsp3) is 0.226. The summed E-state index contributed by atoms with van der Waals surface area (Å²) in [6.45, 7) is 2.55. The molecule has 0 amide bonds. The molecule has 4 aromatic carbocycles. The molecule has 33 heavy (non-hydrogen) atoms. The predicted molar refractivity (Wildman–Crippen MR) is 149 cm³/mol. The van der Waals surface area contributed by atoms with E-state index < -0.39 is 7.92 Å². The van der Waals surface area contributed by atoms with E-state index in [1.165, 1.54) is 40.5 Å². The third-order valence-corrected chi connectivity index (χ3v) is 12.9. The zero-order valence-electron chi connectivity index (χ0n) is 19.3. The minimum atomic E-state index is -0.402. The molecule has 4 aromatic rings. The van der Waals surface area contributed by atoms with Gasteiger partial charge in [0.1, 0.15) is 0 Å². The summed E-state index contributed by atoms with van der Waals surface area (Å²) in [7, 11) is -0.778. The van der Waals surface area contributed by atoms with Gasteiger partial charge in [0.15, 0.2) is 0 Å². The lowest BCUT2D eigenvalue weighted by Crippen LogP contribution is -2.33. The lowest BCUT2D eigenvalue weighted by molar-refractivity contribution is 0.548. The van der Waals surface area contributed by atoms with Crippen LogP contribution in [0.4, 0.5) is 0 Å². The SMILES string of the molecule is CC([C@H]1CCCC1P(c1ccccc1)c1ccccc1)P(c1ccccc1)c1ccccc1. The minimum absolute atomic E-state index is 0.376. The maximum absolute atomic E-state index is 2.55. The summed E-state index contributed by atoms with van der Waals surface area (Å²) in [6, 6.07) is 45.3. The van der Waals surface area contributed by atoms with E-state index in [2.05, 4.69) is 128 Å². The highest BCUT2D eigenvalue weighted by Crippen LogP contribution is 2.56.